The van der Waals surface area contributed by atoms with E-state index in [9.17, 15) is 4.79 Å². The van der Waals surface area contributed by atoms with Gasteiger partial charge in [-0.3, -0.25) is 4.90 Å². The zero-order valence-corrected chi connectivity index (χ0v) is 10.0. The third-order valence-electron chi connectivity index (χ3n) is 2.41. The van der Waals surface area contributed by atoms with Crippen molar-refractivity contribution in [3.05, 3.63) is 12.2 Å². The number of nitrogens with zero attached hydrogens (tertiary/aromatic N) is 1. The minimum absolute atomic E-state index is 0.0274. The maximum atomic E-state index is 11.3. The lowest BCUT2D eigenvalue weighted by Crippen LogP contribution is -2.45. The molecule has 1 N–H and O–H groups in total. The molecule has 0 aliphatic rings. The van der Waals surface area contributed by atoms with Crippen molar-refractivity contribution >= 4 is 5.97 Å². The van der Waals surface area contributed by atoms with Crippen molar-refractivity contribution in [2.75, 3.05) is 26.8 Å². The van der Waals surface area contributed by atoms with Gasteiger partial charge in [-0.15, -0.1) is 0 Å². The highest BCUT2D eigenvalue weighted by atomic mass is 16.5. The van der Waals surface area contributed by atoms with Gasteiger partial charge in [0.05, 0.1) is 13.2 Å². The standard InChI is InChI=1S/C11H21NO3/c1-6-15-10(14)9(2)7-12(5)11(3,4)8-13/h13H,2,6-8H2,1,3-5H3. The zero-order chi connectivity index (χ0) is 12.1. The molecule has 88 valence electrons. The molecule has 0 amide bonds. The zero-order valence-electron chi connectivity index (χ0n) is 10.0. The van der Waals surface area contributed by atoms with Gasteiger partial charge < -0.3 is 9.84 Å². The molecule has 0 unspecified atom stereocenters. The number of esters is 1. The lowest BCUT2D eigenvalue weighted by atomic mass is 10.0. The molecule has 0 aliphatic carbocycles. The van der Waals surface area contributed by atoms with E-state index < -0.39 is 0 Å². The predicted octanol–water partition coefficient (Wildman–Crippen LogP) is 0.808. The fourth-order valence-electron chi connectivity index (χ4n) is 0.919. The molecule has 0 spiro atoms. The third-order valence-corrected chi connectivity index (χ3v) is 2.41. The maximum absolute atomic E-state index is 11.3. The minimum atomic E-state index is -0.377. The Bertz CT molecular complexity index is 236. The second kappa shape index (κ2) is 5.88. The Morgan fingerprint density at radius 1 is 1.53 bits per heavy atom. The number of aliphatic hydroxyl groups excluding tert-OH is 1. The summed E-state index contributed by atoms with van der Waals surface area (Å²) in [5, 5.41) is 9.13. The molecule has 0 fully saturated rings. The highest BCUT2D eigenvalue weighted by molar-refractivity contribution is 5.88. The molecule has 0 aromatic carbocycles. The van der Waals surface area contributed by atoms with Crippen LogP contribution in [0, 0.1) is 0 Å². The predicted molar refractivity (Wildman–Crippen MR) is 59.6 cm³/mol. The lowest BCUT2D eigenvalue weighted by Gasteiger charge is -2.33. The Labute approximate surface area is 91.5 Å². The fourth-order valence-corrected chi connectivity index (χ4v) is 0.919. The van der Waals surface area contributed by atoms with Crippen LogP contribution in [-0.4, -0.2) is 48.3 Å². The Kier molecular flexibility index (Phi) is 5.54. The van der Waals surface area contributed by atoms with Gasteiger partial charge in [-0.2, -0.15) is 0 Å². The van der Waals surface area contributed by atoms with Crippen molar-refractivity contribution in [1.29, 1.82) is 0 Å². The number of ether oxygens (including phenoxy) is 1. The molecular weight excluding hydrogens is 194 g/mol. The van der Waals surface area contributed by atoms with Crippen molar-refractivity contribution in [3.8, 4) is 0 Å². The minimum Gasteiger partial charge on any atom is -0.463 e. The molecule has 0 heterocycles. The number of hydrogen-bond acceptors (Lipinski definition) is 4. The third kappa shape index (κ3) is 4.44. The Balaban J connectivity index is 4.24. The Morgan fingerprint density at radius 3 is 2.47 bits per heavy atom. The van der Waals surface area contributed by atoms with E-state index in [1.807, 2.05) is 25.8 Å². The molecular formula is C11H21NO3. The summed E-state index contributed by atoms with van der Waals surface area (Å²) in [5.41, 5.74) is 0.0379. The van der Waals surface area contributed by atoms with E-state index in [-0.39, 0.29) is 18.1 Å². The van der Waals surface area contributed by atoms with Crippen molar-refractivity contribution in [3.63, 3.8) is 0 Å². The molecule has 15 heavy (non-hydrogen) atoms. The highest BCUT2D eigenvalue weighted by Gasteiger charge is 2.24. The summed E-state index contributed by atoms with van der Waals surface area (Å²) in [6, 6.07) is 0. The van der Waals surface area contributed by atoms with Gasteiger partial charge in [-0.1, -0.05) is 6.58 Å². The van der Waals surface area contributed by atoms with Crippen LogP contribution in [0.2, 0.25) is 0 Å². The van der Waals surface area contributed by atoms with Crippen LogP contribution in [0.4, 0.5) is 0 Å². The number of carbonyl (C=O) groups excluding carboxylic acids is 1. The second-order valence-corrected chi connectivity index (χ2v) is 4.15. The average molecular weight is 215 g/mol. The average Bonchev–Trinajstić information content (AvgIpc) is 2.17. The number of carbonyl (C=O) groups is 1. The van der Waals surface area contributed by atoms with Crippen LogP contribution < -0.4 is 0 Å². The summed E-state index contributed by atoms with van der Waals surface area (Å²) < 4.78 is 4.82. The number of hydrogen-bond donors (Lipinski definition) is 1. The van der Waals surface area contributed by atoms with Crippen molar-refractivity contribution in [1.82, 2.24) is 4.90 Å². The van der Waals surface area contributed by atoms with Gasteiger partial charge in [-0.25, -0.2) is 4.79 Å². The van der Waals surface area contributed by atoms with Gasteiger partial charge in [0.2, 0.25) is 0 Å². The highest BCUT2D eigenvalue weighted by Crippen LogP contribution is 2.12. The summed E-state index contributed by atoms with van der Waals surface area (Å²) in [5.74, 6) is -0.377. The number of rotatable bonds is 6. The summed E-state index contributed by atoms with van der Waals surface area (Å²) in [7, 11) is 1.83. The monoisotopic (exact) mass is 215 g/mol. The summed E-state index contributed by atoms with van der Waals surface area (Å²) in [6.45, 7) is 9.98. The summed E-state index contributed by atoms with van der Waals surface area (Å²) in [6.07, 6.45) is 0. The first-order chi connectivity index (χ1) is 6.85. The first kappa shape index (κ1) is 14.1. The van der Waals surface area contributed by atoms with Crippen LogP contribution in [-0.2, 0) is 9.53 Å². The summed E-state index contributed by atoms with van der Waals surface area (Å²) in [4.78, 5) is 13.2. The van der Waals surface area contributed by atoms with Gasteiger partial charge >= 0.3 is 5.97 Å². The van der Waals surface area contributed by atoms with Gasteiger partial charge in [0.15, 0.2) is 0 Å². The second-order valence-electron chi connectivity index (χ2n) is 4.15. The van der Waals surface area contributed by atoms with E-state index in [1.54, 1.807) is 6.92 Å². The van der Waals surface area contributed by atoms with Crippen LogP contribution in [0.5, 0.6) is 0 Å². The van der Waals surface area contributed by atoms with E-state index in [2.05, 4.69) is 6.58 Å². The van der Waals surface area contributed by atoms with Crippen molar-refractivity contribution < 1.29 is 14.6 Å². The first-order valence-corrected chi connectivity index (χ1v) is 5.02. The van der Waals surface area contributed by atoms with E-state index in [1.165, 1.54) is 0 Å². The van der Waals surface area contributed by atoms with Gasteiger partial charge in [-0.05, 0) is 27.8 Å². The van der Waals surface area contributed by atoms with Gasteiger partial charge in [0.1, 0.15) is 0 Å². The number of aliphatic hydroxyl groups is 1. The topological polar surface area (TPSA) is 49.8 Å². The van der Waals surface area contributed by atoms with E-state index >= 15 is 0 Å². The molecule has 0 aromatic heterocycles. The van der Waals surface area contributed by atoms with E-state index in [0.717, 1.165) is 0 Å². The molecule has 0 bridgehead atoms. The summed E-state index contributed by atoms with van der Waals surface area (Å²) >= 11 is 0. The van der Waals surface area contributed by atoms with Crippen LogP contribution in [0.25, 0.3) is 0 Å². The van der Waals surface area contributed by atoms with Crippen LogP contribution >= 0.6 is 0 Å². The maximum Gasteiger partial charge on any atom is 0.334 e. The SMILES string of the molecule is C=C(CN(C)C(C)(C)CO)C(=O)OCC. The Morgan fingerprint density at radius 2 is 2.07 bits per heavy atom. The molecule has 0 rings (SSSR count). The molecule has 0 saturated carbocycles. The lowest BCUT2D eigenvalue weighted by molar-refractivity contribution is -0.138. The molecule has 0 aliphatic heterocycles. The van der Waals surface area contributed by atoms with Crippen LogP contribution in [0.3, 0.4) is 0 Å². The van der Waals surface area contributed by atoms with Crippen LogP contribution in [0.15, 0.2) is 12.2 Å². The van der Waals surface area contributed by atoms with E-state index in [4.69, 9.17) is 9.84 Å². The molecule has 4 heteroatoms. The normalized spacial score (nSPS) is 11.6. The van der Waals surface area contributed by atoms with Crippen LogP contribution in [0.1, 0.15) is 20.8 Å². The molecule has 0 aromatic rings. The van der Waals surface area contributed by atoms with Gasteiger partial charge in [0.25, 0.3) is 0 Å². The molecule has 0 atom stereocenters. The quantitative estimate of drug-likeness (QED) is 0.526. The van der Waals surface area contributed by atoms with Gasteiger partial charge in [0, 0.05) is 17.7 Å². The van der Waals surface area contributed by atoms with E-state index in [0.29, 0.717) is 18.7 Å². The molecule has 0 radical (unpaired) electrons. The Hall–Kier alpha value is -0.870. The van der Waals surface area contributed by atoms with Crippen molar-refractivity contribution in [2.45, 2.75) is 26.3 Å². The number of likely N-dealkylation sites (N-methyl/N-ethyl adjacent to an activating group) is 1. The molecule has 0 saturated heterocycles. The molecule has 4 nitrogen and oxygen atoms in total. The smallest absolute Gasteiger partial charge is 0.334 e. The fraction of sp³-hybridized carbons (Fsp3) is 0.727. The largest absolute Gasteiger partial charge is 0.463 e. The first-order valence-electron chi connectivity index (χ1n) is 5.02. The van der Waals surface area contributed by atoms with Crippen molar-refractivity contribution in [2.24, 2.45) is 0 Å².